The molecule has 2 N–H and O–H groups in total. The van der Waals surface area contributed by atoms with Gasteiger partial charge >= 0.3 is 0 Å². The molecule has 2 atom stereocenters. The molecule has 14 heavy (non-hydrogen) atoms. The molecule has 82 valence electrons. The van der Waals surface area contributed by atoms with Gasteiger partial charge in [-0.15, -0.1) is 0 Å². The van der Waals surface area contributed by atoms with Crippen LogP contribution in [0.5, 0.6) is 0 Å². The van der Waals surface area contributed by atoms with Crippen LogP contribution in [-0.4, -0.2) is 17.2 Å². The van der Waals surface area contributed by atoms with Gasteiger partial charge in [0.15, 0.2) is 5.11 Å². The predicted octanol–water partition coefficient (Wildman–Crippen LogP) is 2.29. The van der Waals surface area contributed by atoms with Gasteiger partial charge in [0.05, 0.1) is 12.1 Å². The van der Waals surface area contributed by atoms with E-state index < -0.39 is 0 Å². The monoisotopic (exact) mass is 214 g/mol. The molecule has 1 aliphatic rings. The lowest BCUT2D eigenvalue weighted by atomic mass is 9.74. The van der Waals surface area contributed by atoms with E-state index in [0.29, 0.717) is 12.1 Å². The zero-order chi connectivity index (χ0) is 11.1. The van der Waals surface area contributed by atoms with Gasteiger partial charge in [-0.05, 0) is 23.0 Å². The van der Waals surface area contributed by atoms with E-state index >= 15 is 0 Å². The van der Waals surface area contributed by atoms with Crippen molar-refractivity contribution < 1.29 is 0 Å². The molecule has 0 radical (unpaired) electrons. The molecular weight excluding hydrogens is 192 g/mol. The van der Waals surface area contributed by atoms with Gasteiger partial charge in [-0.25, -0.2) is 0 Å². The van der Waals surface area contributed by atoms with Crippen molar-refractivity contribution >= 4 is 17.3 Å². The summed E-state index contributed by atoms with van der Waals surface area (Å²) in [5, 5.41) is 7.54. The Balaban J connectivity index is 2.89. The first-order chi connectivity index (χ1) is 6.12. The third kappa shape index (κ3) is 2.38. The minimum atomic E-state index is 0.228. The molecule has 2 nitrogen and oxygen atoms in total. The van der Waals surface area contributed by atoms with Crippen LogP contribution >= 0.6 is 12.2 Å². The fourth-order valence-electron chi connectivity index (χ4n) is 1.92. The highest BCUT2D eigenvalue weighted by Crippen LogP contribution is 2.33. The first kappa shape index (κ1) is 11.8. The SMILES string of the molecule is CC(C)(C)C1NC(=S)NC1C(C)(C)C. The Morgan fingerprint density at radius 1 is 0.857 bits per heavy atom. The Hall–Kier alpha value is -0.310. The number of thiocarbonyl (C=S) groups is 1. The maximum atomic E-state index is 5.19. The maximum Gasteiger partial charge on any atom is 0.166 e. The minimum Gasteiger partial charge on any atom is -0.357 e. The second kappa shape index (κ2) is 3.37. The van der Waals surface area contributed by atoms with E-state index in [1.54, 1.807) is 0 Å². The van der Waals surface area contributed by atoms with E-state index in [1.165, 1.54) is 0 Å². The number of nitrogens with one attached hydrogen (secondary N) is 2. The molecule has 3 heteroatoms. The van der Waals surface area contributed by atoms with Crippen molar-refractivity contribution in [2.24, 2.45) is 10.8 Å². The molecule has 0 aromatic rings. The summed E-state index contributed by atoms with van der Waals surface area (Å²) in [6, 6.07) is 0.824. The summed E-state index contributed by atoms with van der Waals surface area (Å²) in [5.74, 6) is 0. The molecule has 0 spiro atoms. The van der Waals surface area contributed by atoms with Gasteiger partial charge in [-0.2, -0.15) is 0 Å². The standard InChI is InChI=1S/C11H22N2S/c1-10(2,3)7-8(11(4,5)6)13-9(14)12-7/h7-8H,1-6H3,(H2,12,13,14). The van der Waals surface area contributed by atoms with E-state index in [9.17, 15) is 0 Å². The molecule has 1 rings (SSSR count). The van der Waals surface area contributed by atoms with Crippen LogP contribution in [0.1, 0.15) is 41.5 Å². The fraction of sp³-hybridized carbons (Fsp3) is 0.909. The summed E-state index contributed by atoms with van der Waals surface area (Å²) in [6.07, 6.45) is 0. The summed E-state index contributed by atoms with van der Waals surface area (Å²) in [7, 11) is 0. The highest BCUT2D eigenvalue weighted by atomic mass is 32.1. The van der Waals surface area contributed by atoms with E-state index in [4.69, 9.17) is 12.2 Å². The fourth-order valence-corrected chi connectivity index (χ4v) is 2.18. The molecule has 1 fully saturated rings. The van der Waals surface area contributed by atoms with Gasteiger partial charge in [0.25, 0.3) is 0 Å². The predicted molar refractivity (Wildman–Crippen MR) is 65.4 cm³/mol. The van der Waals surface area contributed by atoms with Crippen LogP contribution < -0.4 is 10.6 Å². The highest BCUT2D eigenvalue weighted by Gasteiger charge is 2.43. The second-order valence-electron chi connectivity index (χ2n) is 6.31. The smallest absolute Gasteiger partial charge is 0.166 e. The molecule has 0 saturated carbocycles. The summed E-state index contributed by atoms with van der Waals surface area (Å²) in [4.78, 5) is 0. The maximum absolute atomic E-state index is 5.19. The van der Waals surface area contributed by atoms with Crippen LogP contribution in [0.2, 0.25) is 0 Å². The topological polar surface area (TPSA) is 24.1 Å². The molecule has 1 saturated heterocycles. The Bertz CT molecular complexity index is 211. The lowest BCUT2D eigenvalue weighted by Crippen LogP contribution is -2.50. The Morgan fingerprint density at radius 2 is 1.14 bits per heavy atom. The summed E-state index contributed by atoms with van der Waals surface area (Å²) >= 11 is 5.19. The van der Waals surface area contributed by atoms with Crippen LogP contribution in [-0.2, 0) is 0 Å². The Labute approximate surface area is 92.8 Å². The van der Waals surface area contributed by atoms with Gasteiger partial charge in [0.1, 0.15) is 0 Å². The van der Waals surface area contributed by atoms with Crippen molar-refractivity contribution in [2.45, 2.75) is 53.6 Å². The zero-order valence-electron chi connectivity index (χ0n) is 10.1. The van der Waals surface area contributed by atoms with E-state index in [-0.39, 0.29) is 10.8 Å². The third-order valence-corrected chi connectivity index (χ3v) is 3.01. The van der Waals surface area contributed by atoms with Crippen LogP contribution in [0.25, 0.3) is 0 Å². The van der Waals surface area contributed by atoms with Gasteiger partial charge < -0.3 is 10.6 Å². The van der Waals surface area contributed by atoms with E-state index in [1.807, 2.05) is 0 Å². The first-order valence-electron chi connectivity index (χ1n) is 5.19. The average molecular weight is 214 g/mol. The van der Waals surface area contributed by atoms with Gasteiger partial charge in [-0.3, -0.25) is 0 Å². The third-order valence-electron chi connectivity index (χ3n) is 2.77. The van der Waals surface area contributed by atoms with Crippen LogP contribution in [0.4, 0.5) is 0 Å². The summed E-state index contributed by atoms with van der Waals surface area (Å²) in [5.41, 5.74) is 0.455. The van der Waals surface area contributed by atoms with Crippen LogP contribution in [0.15, 0.2) is 0 Å². The van der Waals surface area contributed by atoms with Crippen molar-refractivity contribution in [2.75, 3.05) is 0 Å². The Morgan fingerprint density at radius 3 is 1.36 bits per heavy atom. The molecule has 0 amide bonds. The molecule has 0 aromatic heterocycles. The van der Waals surface area contributed by atoms with Gasteiger partial charge in [-0.1, -0.05) is 41.5 Å². The van der Waals surface area contributed by atoms with Crippen molar-refractivity contribution in [3.05, 3.63) is 0 Å². The molecule has 2 unspecified atom stereocenters. The van der Waals surface area contributed by atoms with Crippen molar-refractivity contribution in [3.8, 4) is 0 Å². The molecular formula is C11H22N2S. The first-order valence-corrected chi connectivity index (χ1v) is 5.60. The van der Waals surface area contributed by atoms with E-state index in [2.05, 4.69) is 52.2 Å². The zero-order valence-corrected chi connectivity index (χ0v) is 10.9. The molecule has 0 aliphatic carbocycles. The van der Waals surface area contributed by atoms with Crippen molar-refractivity contribution in [3.63, 3.8) is 0 Å². The quantitative estimate of drug-likeness (QED) is 0.605. The molecule has 0 bridgehead atoms. The number of hydrogen-bond donors (Lipinski definition) is 2. The van der Waals surface area contributed by atoms with Crippen LogP contribution in [0.3, 0.4) is 0 Å². The van der Waals surface area contributed by atoms with Gasteiger partial charge in [0.2, 0.25) is 0 Å². The lowest BCUT2D eigenvalue weighted by molar-refractivity contribution is 0.184. The summed E-state index contributed by atoms with van der Waals surface area (Å²) < 4.78 is 0. The number of hydrogen-bond acceptors (Lipinski definition) is 1. The molecule has 1 heterocycles. The Kier molecular flexibility index (Phi) is 2.83. The van der Waals surface area contributed by atoms with Crippen molar-refractivity contribution in [1.82, 2.24) is 10.6 Å². The van der Waals surface area contributed by atoms with E-state index in [0.717, 1.165) is 5.11 Å². The number of rotatable bonds is 0. The van der Waals surface area contributed by atoms with Crippen LogP contribution in [0, 0.1) is 10.8 Å². The van der Waals surface area contributed by atoms with Gasteiger partial charge in [0, 0.05) is 0 Å². The second-order valence-corrected chi connectivity index (χ2v) is 6.71. The average Bonchev–Trinajstić information content (AvgIpc) is 2.27. The molecule has 1 aliphatic heterocycles. The summed E-state index contributed by atoms with van der Waals surface area (Å²) in [6.45, 7) is 13.5. The highest BCUT2D eigenvalue weighted by molar-refractivity contribution is 7.80. The van der Waals surface area contributed by atoms with Crippen molar-refractivity contribution in [1.29, 1.82) is 0 Å². The normalized spacial score (nSPS) is 28.6. The minimum absolute atomic E-state index is 0.228. The lowest BCUT2D eigenvalue weighted by Gasteiger charge is -2.38. The largest absolute Gasteiger partial charge is 0.357 e. The molecule has 0 aromatic carbocycles.